The second-order valence-electron chi connectivity index (χ2n) is 8.23. The maximum absolute atomic E-state index is 13.2. The molecule has 0 heterocycles. The van der Waals surface area contributed by atoms with E-state index in [2.05, 4.69) is 45.6 Å². The molecule has 0 spiro atoms. The maximum atomic E-state index is 13.2. The van der Waals surface area contributed by atoms with E-state index in [-0.39, 0.29) is 19.1 Å². The molecule has 1 aliphatic rings. The first-order valence-electron chi connectivity index (χ1n) is 11.4. The van der Waals surface area contributed by atoms with E-state index in [1.807, 2.05) is 6.07 Å². The van der Waals surface area contributed by atoms with Crippen LogP contribution in [0.15, 0.2) is 42.0 Å². The molecule has 0 bridgehead atoms. The topological polar surface area (TPSA) is 44.8 Å². The van der Waals surface area contributed by atoms with Crippen LogP contribution in [0.2, 0.25) is 0 Å². The second-order valence-corrected chi connectivity index (χ2v) is 9.83. The van der Waals surface area contributed by atoms with Crippen LogP contribution < -0.4 is 4.52 Å². The van der Waals surface area contributed by atoms with Crippen LogP contribution >= 0.6 is 7.82 Å². The summed E-state index contributed by atoms with van der Waals surface area (Å²) < 4.78 is 30.1. The van der Waals surface area contributed by atoms with Crippen LogP contribution in [0.5, 0.6) is 5.75 Å². The fourth-order valence-electron chi connectivity index (χ4n) is 4.12. The molecule has 1 aliphatic carbocycles. The van der Waals surface area contributed by atoms with Gasteiger partial charge in [-0.3, -0.25) is 9.05 Å². The van der Waals surface area contributed by atoms with Gasteiger partial charge in [-0.1, -0.05) is 55.7 Å². The van der Waals surface area contributed by atoms with Gasteiger partial charge in [0.05, 0.1) is 13.2 Å². The fourth-order valence-corrected chi connectivity index (χ4v) is 5.33. The van der Waals surface area contributed by atoms with Crippen molar-refractivity contribution >= 4 is 7.82 Å². The number of unbranched alkanes of at least 4 members (excludes halogenated alkanes) is 2. The lowest BCUT2D eigenvalue weighted by Gasteiger charge is -2.32. The van der Waals surface area contributed by atoms with Gasteiger partial charge >= 0.3 is 7.82 Å². The number of hydrogen-bond acceptors (Lipinski definition) is 4. The predicted octanol–water partition coefficient (Wildman–Crippen LogP) is 8.00. The molecule has 0 fully saturated rings. The molecule has 1 aromatic carbocycles. The lowest BCUT2D eigenvalue weighted by Crippen LogP contribution is -2.18. The van der Waals surface area contributed by atoms with E-state index in [1.54, 1.807) is 13.8 Å². The number of phosphoric acid groups is 1. The zero-order chi connectivity index (χ0) is 22.1. The number of allylic oxidation sites excluding steroid dienone is 3. The van der Waals surface area contributed by atoms with Gasteiger partial charge in [0.25, 0.3) is 0 Å². The van der Waals surface area contributed by atoms with Crippen molar-refractivity contribution in [3.8, 4) is 5.75 Å². The molecule has 0 saturated carbocycles. The minimum absolute atomic E-state index is 0.146. The molecule has 1 aromatic rings. The zero-order valence-corrected chi connectivity index (χ0v) is 20.3. The summed E-state index contributed by atoms with van der Waals surface area (Å²) in [6, 6.07) is 6.34. The van der Waals surface area contributed by atoms with Crippen molar-refractivity contribution in [2.45, 2.75) is 79.1 Å². The summed E-state index contributed by atoms with van der Waals surface area (Å²) in [5.74, 6) is 1.09. The smallest absolute Gasteiger partial charge is 0.404 e. The van der Waals surface area contributed by atoms with Gasteiger partial charge in [0.2, 0.25) is 0 Å². The summed E-state index contributed by atoms with van der Waals surface area (Å²) in [5, 5.41) is 0. The summed E-state index contributed by atoms with van der Waals surface area (Å²) in [4.78, 5) is 0. The van der Waals surface area contributed by atoms with Crippen LogP contribution in [0.25, 0.3) is 0 Å². The largest absolute Gasteiger partial charge is 0.530 e. The van der Waals surface area contributed by atoms with Crippen LogP contribution in [0.4, 0.5) is 0 Å². The van der Waals surface area contributed by atoms with Crippen molar-refractivity contribution in [1.29, 1.82) is 0 Å². The fraction of sp³-hybridized carbons (Fsp3) is 0.600. The Morgan fingerprint density at radius 3 is 2.47 bits per heavy atom. The van der Waals surface area contributed by atoms with Gasteiger partial charge in [-0.05, 0) is 70.9 Å². The van der Waals surface area contributed by atoms with Gasteiger partial charge in [0.15, 0.2) is 0 Å². The van der Waals surface area contributed by atoms with Gasteiger partial charge in [-0.25, -0.2) is 4.57 Å². The Bertz CT molecular complexity index is 773. The quantitative estimate of drug-likeness (QED) is 0.190. The molecule has 0 N–H and O–H groups in total. The monoisotopic (exact) mass is 434 g/mol. The zero-order valence-electron chi connectivity index (χ0n) is 19.4. The maximum Gasteiger partial charge on any atom is 0.530 e. The highest BCUT2D eigenvalue weighted by Crippen LogP contribution is 2.52. The van der Waals surface area contributed by atoms with E-state index in [0.29, 0.717) is 11.7 Å². The molecular weight excluding hydrogens is 395 g/mol. The Hall–Kier alpha value is -1.35. The summed E-state index contributed by atoms with van der Waals surface area (Å²) in [7, 11) is -3.67. The first kappa shape index (κ1) is 24.9. The van der Waals surface area contributed by atoms with Gasteiger partial charge in [0.1, 0.15) is 5.75 Å². The predicted molar refractivity (Wildman–Crippen MR) is 125 cm³/mol. The van der Waals surface area contributed by atoms with Crippen LogP contribution in [0.3, 0.4) is 0 Å². The number of phosphoric ester groups is 1. The van der Waals surface area contributed by atoms with Crippen LogP contribution in [-0.4, -0.2) is 13.2 Å². The third-order valence-electron chi connectivity index (χ3n) is 5.67. The summed E-state index contributed by atoms with van der Waals surface area (Å²) in [6.45, 7) is 14.8. The Balaban J connectivity index is 2.48. The van der Waals surface area contributed by atoms with Crippen LogP contribution in [-0.2, 0) is 20.0 Å². The van der Waals surface area contributed by atoms with E-state index >= 15 is 0 Å². The SMILES string of the molecule is C=C(C)[C@@H]1CCC(C)=C[C@H]1c1ccc(CCCCC)cc1OP(=O)(OCC)OCC. The molecule has 0 unspecified atom stereocenters. The lowest BCUT2D eigenvalue weighted by molar-refractivity contribution is 0.167. The molecule has 0 aliphatic heterocycles. The third-order valence-corrected chi connectivity index (χ3v) is 7.24. The number of aryl methyl sites for hydroxylation is 1. The van der Waals surface area contributed by atoms with Gasteiger partial charge in [-0.2, -0.15) is 0 Å². The standard InChI is InChI=1S/C25H39O4P/c1-7-10-11-12-21-14-16-23(24-17-20(6)13-15-22(24)19(4)5)25(18-21)29-30(26,27-8-2)28-9-3/h14,16-18,22,24H,4,7-13,15H2,1-3,5-6H3/t22-,24+/m0/s1. The van der Waals surface area contributed by atoms with E-state index in [9.17, 15) is 4.57 Å². The Morgan fingerprint density at radius 1 is 1.17 bits per heavy atom. The summed E-state index contributed by atoms with van der Waals surface area (Å²) in [5.41, 5.74) is 4.75. The molecule has 2 atom stereocenters. The highest BCUT2D eigenvalue weighted by molar-refractivity contribution is 7.48. The van der Waals surface area contributed by atoms with Crippen molar-refractivity contribution in [1.82, 2.24) is 0 Å². The van der Waals surface area contributed by atoms with E-state index in [0.717, 1.165) is 31.2 Å². The molecule has 4 nitrogen and oxygen atoms in total. The van der Waals surface area contributed by atoms with E-state index in [4.69, 9.17) is 13.6 Å². The van der Waals surface area contributed by atoms with Crippen molar-refractivity contribution in [3.05, 3.63) is 53.1 Å². The molecule has 0 saturated heterocycles. The molecule has 2 rings (SSSR count). The Morgan fingerprint density at radius 2 is 1.87 bits per heavy atom. The summed E-state index contributed by atoms with van der Waals surface area (Å²) >= 11 is 0. The number of benzene rings is 1. The highest BCUT2D eigenvalue weighted by atomic mass is 31.2. The molecule has 0 aromatic heterocycles. The normalized spacial score (nSPS) is 19.4. The minimum Gasteiger partial charge on any atom is -0.404 e. The van der Waals surface area contributed by atoms with E-state index < -0.39 is 7.82 Å². The third kappa shape index (κ3) is 6.83. The first-order chi connectivity index (χ1) is 14.3. The lowest BCUT2D eigenvalue weighted by atomic mass is 9.74. The van der Waals surface area contributed by atoms with Gasteiger partial charge < -0.3 is 4.52 Å². The van der Waals surface area contributed by atoms with Gasteiger partial charge in [0, 0.05) is 11.5 Å². The van der Waals surface area contributed by atoms with Crippen molar-refractivity contribution in [2.75, 3.05) is 13.2 Å². The number of hydrogen-bond donors (Lipinski definition) is 0. The molecule has 168 valence electrons. The Kier molecular flexibility index (Phi) is 9.87. The molecule has 30 heavy (non-hydrogen) atoms. The molecular formula is C25H39O4P. The van der Waals surface area contributed by atoms with Crippen molar-refractivity contribution in [3.63, 3.8) is 0 Å². The van der Waals surface area contributed by atoms with Crippen LogP contribution in [0.1, 0.15) is 83.8 Å². The second kappa shape index (κ2) is 11.9. The van der Waals surface area contributed by atoms with Crippen molar-refractivity contribution < 1.29 is 18.1 Å². The minimum atomic E-state index is -3.67. The van der Waals surface area contributed by atoms with Gasteiger partial charge in [-0.15, -0.1) is 0 Å². The van der Waals surface area contributed by atoms with E-state index in [1.165, 1.54) is 29.6 Å². The Labute approximate surface area is 183 Å². The van der Waals surface area contributed by atoms with Crippen molar-refractivity contribution in [2.24, 2.45) is 5.92 Å². The molecule has 5 heteroatoms. The summed E-state index contributed by atoms with van der Waals surface area (Å²) in [6.07, 6.45) is 8.93. The first-order valence-corrected chi connectivity index (χ1v) is 12.8. The molecule has 0 amide bonds. The average Bonchev–Trinajstić information content (AvgIpc) is 2.68. The van der Waals surface area contributed by atoms with Crippen LogP contribution in [0, 0.1) is 5.92 Å². The average molecular weight is 435 g/mol. The highest BCUT2D eigenvalue weighted by Gasteiger charge is 2.32. The molecule has 0 radical (unpaired) electrons. The number of rotatable bonds is 12.